The number of carbonyl (C=O) groups excluding carboxylic acids is 1. The number of fused-ring (bicyclic) bond motifs is 1. The molecule has 1 unspecified atom stereocenters. The van der Waals surface area contributed by atoms with Crippen LogP contribution >= 0.6 is 11.3 Å². The molecule has 0 aliphatic heterocycles. The van der Waals surface area contributed by atoms with Gasteiger partial charge in [-0.15, -0.1) is 11.3 Å². The molecule has 2 aromatic heterocycles. The Morgan fingerprint density at radius 1 is 1.23 bits per heavy atom. The van der Waals surface area contributed by atoms with E-state index in [-0.39, 0.29) is 11.5 Å². The van der Waals surface area contributed by atoms with Crippen molar-refractivity contribution in [2.45, 2.75) is 39.0 Å². The van der Waals surface area contributed by atoms with Gasteiger partial charge in [-0.2, -0.15) is 5.10 Å². The Morgan fingerprint density at radius 2 is 1.96 bits per heavy atom. The van der Waals surface area contributed by atoms with Gasteiger partial charge in [0.25, 0.3) is 5.56 Å². The summed E-state index contributed by atoms with van der Waals surface area (Å²) in [6, 6.07) is 7.19. The summed E-state index contributed by atoms with van der Waals surface area (Å²) in [4.78, 5) is 29.0. The predicted octanol–water partition coefficient (Wildman–Crippen LogP) is 2.97. The molecule has 0 saturated heterocycles. The smallest absolute Gasteiger partial charge is 0.272 e. The molecular weight excluding hydrogens is 348 g/mol. The van der Waals surface area contributed by atoms with E-state index in [4.69, 9.17) is 0 Å². The summed E-state index contributed by atoms with van der Waals surface area (Å²) in [5, 5.41) is 13.9. The summed E-state index contributed by atoms with van der Waals surface area (Å²) in [5.74, 6) is -0.157. The van der Waals surface area contributed by atoms with Crippen LogP contribution in [-0.4, -0.2) is 27.6 Å². The van der Waals surface area contributed by atoms with E-state index in [2.05, 4.69) is 34.3 Å². The van der Waals surface area contributed by atoms with Crippen molar-refractivity contribution in [2.24, 2.45) is 0 Å². The summed E-state index contributed by atoms with van der Waals surface area (Å²) in [6.45, 7) is 6.55. The molecule has 0 fully saturated rings. The third-order valence-corrected chi connectivity index (χ3v) is 5.47. The van der Waals surface area contributed by atoms with Crippen molar-refractivity contribution >= 4 is 28.0 Å². The lowest BCUT2D eigenvalue weighted by Crippen LogP contribution is -2.31. The Kier molecular flexibility index (Phi) is 5.46. The zero-order valence-electron chi connectivity index (χ0n) is 15.1. The van der Waals surface area contributed by atoms with Crippen LogP contribution in [0.1, 0.15) is 49.0 Å². The number of aromatic amines is 1. The summed E-state index contributed by atoms with van der Waals surface area (Å²) < 4.78 is 0. The fraction of sp³-hybridized carbons (Fsp3) is 0.368. The second kappa shape index (κ2) is 7.78. The molecule has 1 atom stereocenters. The van der Waals surface area contributed by atoms with Gasteiger partial charge in [-0.25, -0.2) is 10.1 Å². The molecule has 2 heterocycles. The Balaban J connectivity index is 1.66. The molecule has 0 bridgehead atoms. The van der Waals surface area contributed by atoms with Gasteiger partial charge in [0.05, 0.1) is 27.7 Å². The quantitative estimate of drug-likeness (QED) is 0.698. The first-order valence-corrected chi connectivity index (χ1v) is 9.54. The fourth-order valence-corrected chi connectivity index (χ4v) is 3.63. The second-order valence-corrected chi connectivity index (χ2v) is 7.47. The molecule has 0 radical (unpaired) electrons. The predicted molar refractivity (Wildman–Crippen MR) is 104 cm³/mol. The number of carbonyl (C=O) groups is 1. The molecule has 6 nitrogen and oxygen atoms in total. The maximum absolute atomic E-state index is 12.5. The van der Waals surface area contributed by atoms with Crippen LogP contribution in [0, 0.1) is 0 Å². The minimum absolute atomic E-state index is 0.117. The lowest BCUT2D eigenvalue weighted by atomic mass is 10.0. The minimum atomic E-state index is -0.460. The second-order valence-electron chi connectivity index (χ2n) is 6.58. The number of amides is 1. The Bertz CT molecular complexity index is 977. The molecule has 26 heavy (non-hydrogen) atoms. The molecule has 2 N–H and O–H groups in total. The molecule has 0 aliphatic rings. The van der Waals surface area contributed by atoms with Crippen molar-refractivity contribution in [1.82, 2.24) is 20.5 Å². The number of hydrogen-bond donors (Lipinski definition) is 2. The van der Waals surface area contributed by atoms with Gasteiger partial charge in [0.2, 0.25) is 5.91 Å². The first-order valence-electron chi connectivity index (χ1n) is 8.66. The highest BCUT2D eigenvalue weighted by atomic mass is 32.1. The number of aromatic nitrogens is 3. The van der Waals surface area contributed by atoms with Crippen LogP contribution in [0.3, 0.4) is 0 Å². The van der Waals surface area contributed by atoms with Gasteiger partial charge >= 0.3 is 0 Å². The van der Waals surface area contributed by atoms with Crippen LogP contribution in [0.15, 0.2) is 34.4 Å². The van der Waals surface area contributed by atoms with Gasteiger partial charge < -0.3 is 5.32 Å². The minimum Gasteiger partial charge on any atom is -0.355 e. The monoisotopic (exact) mass is 370 g/mol. The normalized spacial score (nSPS) is 12.5. The van der Waals surface area contributed by atoms with Crippen molar-refractivity contribution in [1.29, 1.82) is 0 Å². The van der Waals surface area contributed by atoms with E-state index in [0.29, 0.717) is 35.3 Å². The van der Waals surface area contributed by atoms with Crippen LogP contribution in [0.2, 0.25) is 0 Å². The van der Waals surface area contributed by atoms with Crippen LogP contribution < -0.4 is 10.9 Å². The van der Waals surface area contributed by atoms with E-state index in [9.17, 15) is 9.59 Å². The zero-order valence-corrected chi connectivity index (χ0v) is 15.9. The average molecular weight is 370 g/mol. The number of rotatable bonds is 6. The summed E-state index contributed by atoms with van der Waals surface area (Å²) in [5.41, 5.74) is 1.33. The largest absolute Gasteiger partial charge is 0.355 e. The topological polar surface area (TPSA) is 87.7 Å². The van der Waals surface area contributed by atoms with Gasteiger partial charge in [-0.05, 0) is 13.0 Å². The van der Waals surface area contributed by atoms with E-state index >= 15 is 0 Å². The van der Waals surface area contributed by atoms with Gasteiger partial charge in [0.1, 0.15) is 0 Å². The highest BCUT2D eigenvalue weighted by Gasteiger charge is 2.20. The molecule has 3 rings (SSSR count). The first-order chi connectivity index (χ1) is 12.5. The van der Waals surface area contributed by atoms with Crippen LogP contribution in [0.25, 0.3) is 10.8 Å². The standard InChI is InChI=1S/C19H22N4O2S/c1-11(2)19-21-13(10-26-19)8-9-20-17(24)12(3)16-14-6-4-5-7-15(14)18(25)23-22-16/h4-7,10-12H,8-9H2,1-3H3,(H,20,24)(H,23,25). The summed E-state index contributed by atoms with van der Waals surface area (Å²) in [7, 11) is 0. The number of H-pyrrole nitrogens is 1. The highest BCUT2D eigenvalue weighted by Crippen LogP contribution is 2.21. The fourth-order valence-electron chi connectivity index (χ4n) is 2.76. The lowest BCUT2D eigenvalue weighted by molar-refractivity contribution is -0.122. The molecule has 7 heteroatoms. The van der Waals surface area contributed by atoms with Crippen LogP contribution in [0.5, 0.6) is 0 Å². The number of benzene rings is 1. The Labute approximate surface area is 155 Å². The van der Waals surface area contributed by atoms with Crippen molar-refractivity contribution in [2.75, 3.05) is 6.54 Å². The first kappa shape index (κ1) is 18.3. The number of hydrogen-bond acceptors (Lipinski definition) is 5. The third-order valence-electron chi connectivity index (χ3n) is 4.27. The molecule has 136 valence electrons. The van der Waals surface area contributed by atoms with E-state index in [1.54, 1.807) is 30.4 Å². The van der Waals surface area contributed by atoms with Crippen LogP contribution in [-0.2, 0) is 11.2 Å². The van der Waals surface area contributed by atoms with Gasteiger partial charge in [-0.3, -0.25) is 9.59 Å². The number of nitrogens with zero attached hydrogens (tertiary/aromatic N) is 2. The molecule has 1 aromatic carbocycles. The average Bonchev–Trinajstić information content (AvgIpc) is 3.11. The Morgan fingerprint density at radius 3 is 2.65 bits per heavy atom. The molecular formula is C19H22N4O2S. The molecule has 0 aliphatic carbocycles. The van der Waals surface area contributed by atoms with E-state index < -0.39 is 5.92 Å². The van der Waals surface area contributed by atoms with E-state index in [1.807, 2.05) is 17.5 Å². The molecule has 1 amide bonds. The number of nitrogens with one attached hydrogen (secondary N) is 2. The van der Waals surface area contributed by atoms with Gasteiger partial charge in [0, 0.05) is 29.6 Å². The maximum atomic E-state index is 12.5. The third kappa shape index (κ3) is 3.83. The summed E-state index contributed by atoms with van der Waals surface area (Å²) >= 11 is 1.65. The van der Waals surface area contributed by atoms with Crippen molar-refractivity contribution < 1.29 is 4.79 Å². The molecule has 0 spiro atoms. The SMILES string of the molecule is CC(C)c1nc(CCNC(=O)C(C)c2n[nH]c(=O)c3ccccc23)cs1. The zero-order chi connectivity index (χ0) is 18.7. The van der Waals surface area contributed by atoms with E-state index in [0.717, 1.165) is 10.7 Å². The highest BCUT2D eigenvalue weighted by molar-refractivity contribution is 7.09. The van der Waals surface area contributed by atoms with E-state index in [1.165, 1.54) is 0 Å². The lowest BCUT2D eigenvalue weighted by Gasteiger charge is -2.13. The molecule has 3 aromatic rings. The molecule has 0 saturated carbocycles. The Hall–Kier alpha value is -2.54. The maximum Gasteiger partial charge on any atom is 0.272 e. The van der Waals surface area contributed by atoms with Gasteiger partial charge in [0.15, 0.2) is 0 Å². The summed E-state index contributed by atoms with van der Waals surface area (Å²) in [6.07, 6.45) is 0.696. The van der Waals surface area contributed by atoms with Crippen molar-refractivity contribution in [3.05, 3.63) is 56.4 Å². The number of thiazole rings is 1. The van der Waals surface area contributed by atoms with Crippen LogP contribution in [0.4, 0.5) is 0 Å². The van der Waals surface area contributed by atoms with Gasteiger partial charge in [-0.1, -0.05) is 32.0 Å². The van der Waals surface area contributed by atoms with Crippen molar-refractivity contribution in [3.8, 4) is 0 Å². The van der Waals surface area contributed by atoms with Crippen molar-refractivity contribution in [3.63, 3.8) is 0 Å².